The Morgan fingerprint density at radius 3 is 2.27 bits per heavy atom. The number of hydrazine groups is 1. The zero-order valence-corrected chi connectivity index (χ0v) is 18.5. The lowest BCUT2D eigenvalue weighted by atomic mass is 10.0. The number of benzene rings is 1. The molecule has 162 valence electrons. The molecule has 30 heavy (non-hydrogen) atoms. The summed E-state index contributed by atoms with van der Waals surface area (Å²) in [6.45, 7) is 7.38. The van der Waals surface area contributed by atoms with Crippen LogP contribution in [0.3, 0.4) is 0 Å². The van der Waals surface area contributed by atoms with E-state index in [4.69, 9.17) is 9.47 Å². The summed E-state index contributed by atoms with van der Waals surface area (Å²) in [7, 11) is 1.48. The largest absolute Gasteiger partial charge is 0.493 e. The first-order valence-corrected chi connectivity index (χ1v) is 10.4. The van der Waals surface area contributed by atoms with Gasteiger partial charge in [0.15, 0.2) is 11.5 Å². The monoisotopic (exact) mass is 433 g/mol. The number of thiophene rings is 1. The minimum atomic E-state index is -0.809. The van der Waals surface area contributed by atoms with Gasteiger partial charge in [0, 0.05) is 5.56 Å². The van der Waals surface area contributed by atoms with Gasteiger partial charge in [0.05, 0.1) is 18.1 Å². The van der Waals surface area contributed by atoms with E-state index in [-0.39, 0.29) is 23.5 Å². The number of hydrogen-bond donors (Lipinski definition) is 3. The molecule has 0 aliphatic carbocycles. The Hall–Kier alpha value is -3.07. The minimum Gasteiger partial charge on any atom is -0.493 e. The molecule has 3 N–H and O–H groups in total. The number of hydrogen-bond acceptors (Lipinski definition) is 6. The molecule has 0 saturated heterocycles. The summed E-state index contributed by atoms with van der Waals surface area (Å²) in [5.74, 6) is -0.635. The van der Waals surface area contributed by atoms with E-state index >= 15 is 0 Å². The topological polar surface area (TPSA) is 106 Å². The second-order valence-corrected chi connectivity index (χ2v) is 8.10. The molecule has 0 bridgehead atoms. The second kappa shape index (κ2) is 10.6. The Bertz CT molecular complexity index is 881. The molecule has 0 fully saturated rings. The van der Waals surface area contributed by atoms with Crippen molar-refractivity contribution in [1.29, 1.82) is 0 Å². The molecule has 1 heterocycles. The molecule has 0 radical (unpaired) electrons. The van der Waals surface area contributed by atoms with Gasteiger partial charge in [0.1, 0.15) is 6.04 Å². The normalized spacial score (nSPS) is 11.7. The fourth-order valence-electron chi connectivity index (χ4n) is 2.58. The summed E-state index contributed by atoms with van der Waals surface area (Å²) in [6, 6.07) is 7.36. The summed E-state index contributed by atoms with van der Waals surface area (Å²) >= 11 is 1.28. The molecule has 2 aromatic rings. The summed E-state index contributed by atoms with van der Waals surface area (Å²) in [5.41, 5.74) is 5.03. The van der Waals surface area contributed by atoms with E-state index in [0.29, 0.717) is 16.4 Å². The number of rotatable bonds is 8. The van der Waals surface area contributed by atoms with Crippen molar-refractivity contribution in [2.24, 2.45) is 5.92 Å². The molecule has 1 aromatic carbocycles. The Balaban J connectivity index is 2.01. The van der Waals surface area contributed by atoms with Crippen LogP contribution in [0.2, 0.25) is 0 Å². The van der Waals surface area contributed by atoms with Crippen LogP contribution in [0.4, 0.5) is 0 Å². The fraction of sp³-hybridized carbons (Fsp3) is 0.381. The molecule has 1 aromatic heterocycles. The van der Waals surface area contributed by atoms with Crippen molar-refractivity contribution >= 4 is 29.1 Å². The molecule has 3 amide bonds. The van der Waals surface area contributed by atoms with E-state index in [2.05, 4.69) is 16.2 Å². The number of carbonyl (C=O) groups is 3. The third-order valence-electron chi connectivity index (χ3n) is 4.07. The third kappa shape index (κ3) is 6.21. The smallest absolute Gasteiger partial charge is 0.269 e. The van der Waals surface area contributed by atoms with Crippen LogP contribution in [0.1, 0.15) is 47.7 Å². The van der Waals surface area contributed by atoms with Crippen molar-refractivity contribution in [2.75, 3.05) is 7.11 Å². The van der Waals surface area contributed by atoms with Crippen molar-refractivity contribution in [3.05, 3.63) is 46.2 Å². The minimum absolute atomic E-state index is 0.0461. The SMILES string of the molecule is COc1cc(C(=O)NNC(=O)[C@H](NC(=O)c2cccs2)C(C)C)ccc1OC(C)C. The molecule has 0 aliphatic rings. The predicted octanol–water partition coefficient (Wildman–Crippen LogP) is 2.76. The Labute approximate surface area is 179 Å². The van der Waals surface area contributed by atoms with E-state index < -0.39 is 17.9 Å². The highest BCUT2D eigenvalue weighted by atomic mass is 32.1. The zero-order valence-electron chi connectivity index (χ0n) is 17.6. The summed E-state index contributed by atoms with van der Waals surface area (Å²) in [6.07, 6.45) is -0.0461. The molecule has 9 heteroatoms. The van der Waals surface area contributed by atoms with Gasteiger partial charge >= 0.3 is 0 Å². The molecule has 0 saturated carbocycles. The number of methoxy groups -OCH3 is 1. The van der Waals surface area contributed by atoms with Crippen molar-refractivity contribution in [2.45, 2.75) is 39.8 Å². The number of amides is 3. The van der Waals surface area contributed by atoms with Gasteiger partial charge in [-0.15, -0.1) is 11.3 Å². The molecule has 0 spiro atoms. The van der Waals surface area contributed by atoms with Crippen LogP contribution >= 0.6 is 11.3 Å². The second-order valence-electron chi connectivity index (χ2n) is 7.15. The van der Waals surface area contributed by atoms with Crippen LogP contribution in [0.15, 0.2) is 35.7 Å². The molecule has 0 aliphatic heterocycles. The van der Waals surface area contributed by atoms with Crippen molar-refractivity contribution in [3.8, 4) is 11.5 Å². The predicted molar refractivity (Wildman–Crippen MR) is 115 cm³/mol. The molecular formula is C21H27N3O5S. The maximum Gasteiger partial charge on any atom is 0.269 e. The lowest BCUT2D eigenvalue weighted by molar-refractivity contribution is -0.124. The van der Waals surface area contributed by atoms with Gasteiger partial charge in [0.25, 0.3) is 17.7 Å². The van der Waals surface area contributed by atoms with Gasteiger partial charge in [0.2, 0.25) is 0 Å². The number of nitrogens with one attached hydrogen (secondary N) is 3. The van der Waals surface area contributed by atoms with E-state index in [0.717, 1.165) is 0 Å². The van der Waals surface area contributed by atoms with Crippen LogP contribution in [0.25, 0.3) is 0 Å². The third-order valence-corrected chi connectivity index (χ3v) is 4.94. The van der Waals surface area contributed by atoms with Crippen molar-refractivity contribution in [3.63, 3.8) is 0 Å². The van der Waals surface area contributed by atoms with Crippen molar-refractivity contribution < 1.29 is 23.9 Å². The number of carbonyl (C=O) groups excluding carboxylic acids is 3. The first kappa shape index (κ1) is 23.2. The maximum atomic E-state index is 12.5. The first-order chi connectivity index (χ1) is 14.2. The van der Waals surface area contributed by atoms with E-state index in [1.165, 1.54) is 24.5 Å². The van der Waals surface area contributed by atoms with Crippen LogP contribution in [-0.2, 0) is 4.79 Å². The summed E-state index contributed by atoms with van der Waals surface area (Å²) in [5, 5.41) is 4.48. The standard InChI is InChI=1S/C21H27N3O5S/c1-12(2)18(22-20(26)17-7-6-10-30-17)21(27)24-23-19(25)14-8-9-15(29-13(3)4)16(11-14)28-5/h6-13,18H,1-5H3,(H,22,26)(H,23,25)(H,24,27)/t18-/m1/s1. The maximum absolute atomic E-state index is 12.5. The van der Waals surface area contributed by atoms with Gasteiger partial charge in [-0.2, -0.15) is 0 Å². The molecule has 8 nitrogen and oxygen atoms in total. The highest BCUT2D eigenvalue weighted by Crippen LogP contribution is 2.28. The summed E-state index contributed by atoms with van der Waals surface area (Å²) in [4.78, 5) is 37.8. The molecule has 1 atom stereocenters. The van der Waals surface area contributed by atoms with Crippen LogP contribution in [0, 0.1) is 5.92 Å². The Morgan fingerprint density at radius 2 is 1.70 bits per heavy atom. The highest BCUT2D eigenvalue weighted by Gasteiger charge is 2.25. The van der Waals surface area contributed by atoms with E-state index in [1.54, 1.807) is 43.5 Å². The summed E-state index contributed by atoms with van der Waals surface area (Å²) < 4.78 is 10.9. The average Bonchev–Trinajstić information content (AvgIpc) is 3.24. The van der Waals surface area contributed by atoms with Crippen LogP contribution < -0.4 is 25.6 Å². The fourth-order valence-corrected chi connectivity index (χ4v) is 3.21. The molecule has 0 unspecified atom stereocenters. The van der Waals surface area contributed by atoms with Gasteiger partial charge < -0.3 is 14.8 Å². The quantitative estimate of drug-likeness (QED) is 0.555. The Morgan fingerprint density at radius 1 is 0.967 bits per heavy atom. The number of ether oxygens (including phenoxy) is 2. The van der Waals surface area contributed by atoms with Crippen LogP contribution in [-0.4, -0.2) is 37.0 Å². The first-order valence-electron chi connectivity index (χ1n) is 9.52. The average molecular weight is 434 g/mol. The van der Waals surface area contributed by atoms with Gasteiger partial charge in [-0.05, 0) is 49.4 Å². The van der Waals surface area contributed by atoms with Gasteiger partial charge in [-0.1, -0.05) is 19.9 Å². The zero-order chi connectivity index (χ0) is 22.3. The van der Waals surface area contributed by atoms with Gasteiger partial charge in [-0.25, -0.2) is 0 Å². The van der Waals surface area contributed by atoms with Gasteiger partial charge in [-0.3, -0.25) is 25.2 Å². The Kier molecular flexibility index (Phi) is 8.23. The van der Waals surface area contributed by atoms with Crippen LogP contribution in [0.5, 0.6) is 11.5 Å². The van der Waals surface area contributed by atoms with E-state index in [1.807, 2.05) is 13.8 Å². The lowest BCUT2D eigenvalue weighted by Crippen LogP contribution is -2.54. The molecule has 2 rings (SSSR count). The molecular weight excluding hydrogens is 406 g/mol. The highest BCUT2D eigenvalue weighted by molar-refractivity contribution is 7.12. The lowest BCUT2D eigenvalue weighted by Gasteiger charge is -2.21. The van der Waals surface area contributed by atoms with E-state index in [9.17, 15) is 14.4 Å². The van der Waals surface area contributed by atoms with Crippen molar-refractivity contribution in [1.82, 2.24) is 16.2 Å².